The summed E-state index contributed by atoms with van der Waals surface area (Å²) < 4.78 is 5.75. The second-order valence-corrected chi connectivity index (χ2v) is 10.8. The molecule has 4 nitrogen and oxygen atoms in total. The smallest absolute Gasteiger partial charge is 0.410 e. The molecule has 2 aromatic carbocycles. The second-order valence-electron chi connectivity index (χ2n) is 10.8. The molecule has 0 aromatic heterocycles. The first kappa shape index (κ1) is 22.1. The molecule has 2 saturated heterocycles. The van der Waals surface area contributed by atoms with Gasteiger partial charge in [-0.3, -0.25) is 0 Å². The van der Waals surface area contributed by atoms with E-state index in [2.05, 4.69) is 55.3 Å². The molecule has 0 N–H and O–H groups in total. The molecule has 0 spiro atoms. The molecule has 0 aliphatic carbocycles. The first-order valence-corrected chi connectivity index (χ1v) is 11.9. The molecule has 0 saturated carbocycles. The molecule has 0 bridgehead atoms. The van der Waals surface area contributed by atoms with Crippen LogP contribution in [0.3, 0.4) is 0 Å². The largest absolute Gasteiger partial charge is 0.444 e. The quantitative estimate of drug-likeness (QED) is 0.565. The Balaban J connectivity index is 1.61. The van der Waals surface area contributed by atoms with Crippen molar-refractivity contribution in [1.29, 1.82) is 0 Å². The minimum atomic E-state index is -0.478. The van der Waals surface area contributed by atoms with E-state index in [9.17, 15) is 4.79 Å². The number of carbonyl (C=O) groups excluding carboxylic acids is 1. The molecular weight excluding hydrogens is 384 g/mol. The van der Waals surface area contributed by atoms with Crippen LogP contribution in [0.1, 0.15) is 76.5 Å². The average molecular weight is 423 g/mol. The molecular formula is C27H38N2O2. The Hall–Kier alpha value is -2.07. The van der Waals surface area contributed by atoms with E-state index in [0.29, 0.717) is 11.8 Å². The van der Waals surface area contributed by atoms with Gasteiger partial charge in [-0.1, -0.05) is 37.3 Å². The Kier molecular flexibility index (Phi) is 6.30. The van der Waals surface area contributed by atoms with Crippen molar-refractivity contribution < 1.29 is 9.53 Å². The van der Waals surface area contributed by atoms with Crippen molar-refractivity contribution in [3.63, 3.8) is 0 Å². The number of ether oxygens (including phenoxy) is 1. The summed E-state index contributed by atoms with van der Waals surface area (Å²) in [7, 11) is 2.21. The zero-order valence-corrected chi connectivity index (χ0v) is 19.9. The molecule has 2 aliphatic heterocycles. The van der Waals surface area contributed by atoms with Crippen LogP contribution in [0.4, 0.5) is 4.79 Å². The van der Waals surface area contributed by atoms with Gasteiger partial charge in [-0.25, -0.2) is 4.79 Å². The molecule has 2 aromatic rings. The highest BCUT2D eigenvalue weighted by Crippen LogP contribution is 2.36. The van der Waals surface area contributed by atoms with Gasteiger partial charge in [-0.15, -0.1) is 0 Å². The number of rotatable bonds is 2. The van der Waals surface area contributed by atoms with E-state index in [1.54, 1.807) is 0 Å². The molecule has 2 aliphatic rings. The summed E-state index contributed by atoms with van der Waals surface area (Å²) in [5.41, 5.74) is 2.21. The first-order chi connectivity index (χ1) is 14.7. The molecule has 1 amide bonds. The lowest BCUT2D eigenvalue weighted by molar-refractivity contribution is 0.00365. The third kappa shape index (κ3) is 5.23. The van der Waals surface area contributed by atoms with Gasteiger partial charge in [0.1, 0.15) is 5.60 Å². The molecule has 2 fully saturated rings. The van der Waals surface area contributed by atoms with Gasteiger partial charge in [-0.2, -0.15) is 0 Å². The van der Waals surface area contributed by atoms with Crippen molar-refractivity contribution in [1.82, 2.24) is 9.80 Å². The van der Waals surface area contributed by atoms with Crippen molar-refractivity contribution in [2.45, 2.75) is 70.9 Å². The van der Waals surface area contributed by atoms with E-state index >= 15 is 0 Å². The number of piperidine rings is 2. The zero-order valence-electron chi connectivity index (χ0n) is 19.9. The van der Waals surface area contributed by atoms with Crippen molar-refractivity contribution >= 4 is 16.9 Å². The minimum Gasteiger partial charge on any atom is -0.444 e. The standard InChI is InChI=1S/C27H38N2O2/c1-19-6-11-25(29(18-19)26(30)31-27(2,3)4)23-10-8-20-7-9-22(16-24(20)17-23)21-12-14-28(5)15-13-21/h7-10,16-17,19,21,25H,6,11-15,18H2,1-5H3/t19-,25+/m0/s1. The Morgan fingerprint density at radius 3 is 2.26 bits per heavy atom. The third-order valence-electron chi connectivity index (χ3n) is 6.91. The van der Waals surface area contributed by atoms with E-state index in [4.69, 9.17) is 4.74 Å². The molecule has 4 rings (SSSR count). The van der Waals surface area contributed by atoms with Crippen molar-refractivity contribution in [3.05, 3.63) is 47.5 Å². The lowest BCUT2D eigenvalue weighted by Gasteiger charge is -2.39. The van der Waals surface area contributed by atoms with E-state index in [1.807, 2.05) is 25.7 Å². The lowest BCUT2D eigenvalue weighted by atomic mass is 9.87. The topological polar surface area (TPSA) is 32.8 Å². The summed E-state index contributed by atoms with van der Waals surface area (Å²) in [4.78, 5) is 17.4. The number of carbonyl (C=O) groups is 1. The fraction of sp³-hybridized carbons (Fsp3) is 0.593. The maximum absolute atomic E-state index is 13.0. The van der Waals surface area contributed by atoms with Gasteiger partial charge in [0, 0.05) is 6.54 Å². The molecule has 168 valence electrons. The molecule has 4 heteroatoms. The Morgan fingerprint density at radius 2 is 1.58 bits per heavy atom. The summed E-state index contributed by atoms with van der Waals surface area (Å²) in [6, 6.07) is 13.8. The summed E-state index contributed by atoms with van der Waals surface area (Å²) in [6.07, 6.45) is 4.39. The average Bonchev–Trinajstić information content (AvgIpc) is 2.72. The second kappa shape index (κ2) is 8.82. The number of benzene rings is 2. The van der Waals surface area contributed by atoms with Gasteiger partial charge in [0.05, 0.1) is 6.04 Å². The van der Waals surface area contributed by atoms with Crippen LogP contribution in [0.5, 0.6) is 0 Å². The monoisotopic (exact) mass is 422 g/mol. The zero-order chi connectivity index (χ0) is 22.2. The highest BCUT2D eigenvalue weighted by atomic mass is 16.6. The Labute approximate surface area is 187 Å². The SMILES string of the molecule is C[C@H]1CC[C@H](c2ccc3ccc(C4CCN(C)CC4)cc3c2)N(C(=O)OC(C)(C)C)C1. The normalized spacial score (nSPS) is 23.8. The number of hydrogen-bond acceptors (Lipinski definition) is 3. The van der Waals surface area contributed by atoms with Gasteiger partial charge in [0.25, 0.3) is 0 Å². The van der Waals surface area contributed by atoms with Crippen molar-refractivity contribution in [2.75, 3.05) is 26.7 Å². The predicted molar refractivity (Wildman–Crippen MR) is 127 cm³/mol. The van der Waals surface area contributed by atoms with Gasteiger partial charge in [0.2, 0.25) is 0 Å². The molecule has 2 atom stereocenters. The summed E-state index contributed by atoms with van der Waals surface area (Å²) in [5, 5.41) is 2.56. The van der Waals surface area contributed by atoms with Gasteiger partial charge in [-0.05, 0) is 106 Å². The van der Waals surface area contributed by atoms with E-state index in [1.165, 1.54) is 47.8 Å². The van der Waals surface area contributed by atoms with Gasteiger partial charge in [0.15, 0.2) is 0 Å². The maximum atomic E-state index is 13.0. The van der Waals surface area contributed by atoms with Gasteiger partial charge < -0.3 is 14.5 Å². The van der Waals surface area contributed by atoms with E-state index < -0.39 is 5.60 Å². The Morgan fingerprint density at radius 1 is 0.935 bits per heavy atom. The number of nitrogens with zero attached hydrogens (tertiary/aromatic N) is 2. The van der Waals surface area contributed by atoms with Crippen LogP contribution < -0.4 is 0 Å². The van der Waals surface area contributed by atoms with Crippen LogP contribution in [-0.2, 0) is 4.74 Å². The summed E-state index contributed by atoms with van der Waals surface area (Å²) >= 11 is 0. The summed E-state index contributed by atoms with van der Waals surface area (Å²) in [5.74, 6) is 1.15. The third-order valence-corrected chi connectivity index (χ3v) is 6.91. The number of amides is 1. The maximum Gasteiger partial charge on any atom is 0.410 e. The van der Waals surface area contributed by atoms with Crippen LogP contribution in [0, 0.1) is 5.92 Å². The Bertz CT molecular complexity index is 924. The molecule has 0 radical (unpaired) electrons. The van der Waals surface area contributed by atoms with E-state index in [0.717, 1.165) is 19.4 Å². The minimum absolute atomic E-state index is 0.0856. The van der Waals surface area contributed by atoms with E-state index in [-0.39, 0.29) is 12.1 Å². The number of hydrogen-bond donors (Lipinski definition) is 0. The molecule has 31 heavy (non-hydrogen) atoms. The number of fused-ring (bicyclic) bond motifs is 1. The molecule has 2 heterocycles. The van der Waals surface area contributed by atoms with Crippen LogP contribution >= 0.6 is 0 Å². The first-order valence-electron chi connectivity index (χ1n) is 11.9. The lowest BCUT2D eigenvalue weighted by Crippen LogP contribution is -2.44. The summed E-state index contributed by atoms with van der Waals surface area (Å²) in [6.45, 7) is 11.1. The van der Waals surface area contributed by atoms with Crippen LogP contribution in [0.25, 0.3) is 10.8 Å². The van der Waals surface area contributed by atoms with Gasteiger partial charge >= 0.3 is 6.09 Å². The van der Waals surface area contributed by atoms with Crippen LogP contribution in [-0.4, -0.2) is 48.2 Å². The van der Waals surface area contributed by atoms with Crippen molar-refractivity contribution in [3.8, 4) is 0 Å². The molecule has 0 unspecified atom stereocenters. The fourth-order valence-corrected chi connectivity index (χ4v) is 5.11. The highest BCUT2D eigenvalue weighted by molar-refractivity contribution is 5.84. The van der Waals surface area contributed by atoms with Crippen LogP contribution in [0.2, 0.25) is 0 Å². The highest BCUT2D eigenvalue weighted by Gasteiger charge is 2.34. The predicted octanol–water partition coefficient (Wildman–Crippen LogP) is 6.36. The van der Waals surface area contributed by atoms with Crippen LogP contribution in [0.15, 0.2) is 36.4 Å². The van der Waals surface area contributed by atoms with Crippen molar-refractivity contribution in [2.24, 2.45) is 5.92 Å². The fourth-order valence-electron chi connectivity index (χ4n) is 5.11. The number of likely N-dealkylation sites (tertiary alicyclic amines) is 2.